The van der Waals surface area contributed by atoms with Crippen LogP contribution in [0.1, 0.15) is 26.3 Å². The number of nitrogens with one attached hydrogen (secondary N) is 1. The largest absolute Gasteiger partial charge is 0.414 e. The van der Waals surface area contributed by atoms with Gasteiger partial charge in [0.2, 0.25) is 0 Å². The molecule has 0 bridgehead atoms. The molecule has 147 valence electrons. The molecule has 0 unspecified atom stereocenters. The third kappa shape index (κ3) is 5.06. The zero-order valence-corrected chi connectivity index (χ0v) is 18.0. The minimum absolute atomic E-state index is 0.0371. The molecule has 0 aliphatic rings. The highest BCUT2D eigenvalue weighted by atomic mass is 28.4. The van der Waals surface area contributed by atoms with Crippen LogP contribution in [0, 0.1) is 13.0 Å². The Hall–Kier alpha value is -1.96. The van der Waals surface area contributed by atoms with E-state index in [1.54, 1.807) is 13.0 Å². The summed E-state index contributed by atoms with van der Waals surface area (Å²) in [6, 6.07) is 10.3. The lowest BCUT2D eigenvalue weighted by Gasteiger charge is -2.36. The highest BCUT2D eigenvalue weighted by Gasteiger charge is 2.36. The van der Waals surface area contributed by atoms with Crippen LogP contribution in [0.15, 0.2) is 33.9 Å². The third-order valence-corrected chi connectivity index (χ3v) is 9.65. The Morgan fingerprint density at radius 3 is 2.48 bits per heavy atom. The smallest absolute Gasteiger partial charge is 0.330 e. The van der Waals surface area contributed by atoms with Crippen molar-refractivity contribution in [3.05, 3.63) is 56.7 Å². The highest BCUT2D eigenvalue weighted by molar-refractivity contribution is 6.74. The van der Waals surface area contributed by atoms with E-state index in [9.17, 15) is 9.59 Å². The van der Waals surface area contributed by atoms with Crippen molar-refractivity contribution < 1.29 is 9.16 Å². The van der Waals surface area contributed by atoms with Crippen LogP contribution in [-0.2, 0) is 15.9 Å². The second kappa shape index (κ2) is 8.37. The molecule has 0 fully saturated rings. The maximum atomic E-state index is 12.3. The van der Waals surface area contributed by atoms with Crippen molar-refractivity contribution in [2.24, 2.45) is 0 Å². The van der Waals surface area contributed by atoms with E-state index >= 15 is 0 Å². The van der Waals surface area contributed by atoms with Crippen LogP contribution < -0.4 is 11.2 Å². The summed E-state index contributed by atoms with van der Waals surface area (Å²) in [5, 5.41) is 0.135. The fourth-order valence-corrected chi connectivity index (χ4v) is 3.44. The van der Waals surface area contributed by atoms with E-state index in [4.69, 9.17) is 9.16 Å². The van der Waals surface area contributed by atoms with Crippen LogP contribution in [0.3, 0.4) is 0 Å². The normalized spacial score (nSPS) is 12.4. The summed E-state index contributed by atoms with van der Waals surface area (Å²) >= 11 is 0. The third-order valence-electron chi connectivity index (χ3n) is 5.11. The van der Waals surface area contributed by atoms with Crippen molar-refractivity contribution >= 4 is 8.32 Å². The molecule has 2 rings (SSSR count). The maximum Gasteiger partial charge on any atom is 0.330 e. The molecule has 1 N–H and O–H groups in total. The summed E-state index contributed by atoms with van der Waals surface area (Å²) in [4.78, 5) is 26.7. The lowest BCUT2D eigenvalue weighted by Crippen LogP contribution is -2.41. The molecule has 0 saturated heterocycles. The zero-order chi connectivity index (χ0) is 20.2. The van der Waals surface area contributed by atoms with Gasteiger partial charge in [-0.05, 0) is 31.1 Å². The Balaban J connectivity index is 2.13. The average molecular weight is 390 g/mol. The number of hydrogen-bond donors (Lipinski definition) is 1. The first-order valence-electron chi connectivity index (χ1n) is 9.07. The summed E-state index contributed by atoms with van der Waals surface area (Å²) in [6.07, 6.45) is 0. The van der Waals surface area contributed by atoms with Crippen molar-refractivity contribution in [3.63, 3.8) is 0 Å². The summed E-state index contributed by atoms with van der Waals surface area (Å²) in [7, 11) is -1.83. The van der Waals surface area contributed by atoms with E-state index in [0.29, 0.717) is 30.0 Å². The standard InChI is InChI=1S/C20H29N2O4Si/c1-15-17(16-10-8-7-9-11-16)22(19(24)21-18(15)23)14-25-12-13-26-27(5,6)20(2,3)4/h7-10H,12-14H2,1-6H3,(H,21,23,24). The first kappa shape index (κ1) is 21.3. The minimum Gasteiger partial charge on any atom is -0.414 e. The molecule has 0 atom stereocenters. The predicted octanol–water partition coefficient (Wildman–Crippen LogP) is 3.31. The molecule has 27 heavy (non-hydrogen) atoms. The van der Waals surface area contributed by atoms with Gasteiger partial charge in [0.1, 0.15) is 6.73 Å². The molecule has 0 saturated carbocycles. The number of H-pyrrole nitrogens is 1. The summed E-state index contributed by atoms with van der Waals surface area (Å²) < 4.78 is 13.2. The Kier molecular flexibility index (Phi) is 6.62. The lowest BCUT2D eigenvalue weighted by atomic mass is 10.1. The molecule has 1 heterocycles. The minimum atomic E-state index is -1.83. The fraction of sp³-hybridized carbons (Fsp3) is 0.500. The lowest BCUT2D eigenvalue weighted by molar-refractivity contribution is 0.0490. The van der Waals surface area contributed by atoms with Crippen LogP contribution in [0.5, 0.6) is 0 Å². The maximum absolute atomic E-state index is 12.3. The number of rotatable bonds is 7. The molecule has 1 aromatic heterocycles. The van der Waals surface area contributed by atoms with E-state index in [1.807, 2.05) is 18.2 Å². The van der Waals surface area contributed by atoms with E-state index in [0.717, 1.165) is 0 Å². The van der Waals surface area contributed by atoms with Gasteiger partial charge in [-0.2, -0.15) is 0 Å². The van der Waals surface area contributed by atoms with Crippen molar-refractivity contribution in [2.75, 3.05) is 13.2 Å². The molecule has 0 spiro atoms. The Labute approximate surface area is 161 Å². The van der Waals surface area contributed by atoms with Gasteiger partial charge in [-0.25, -0.2) is 4.79 Å². The Bertz CT molecular complexity index is 880. The molecular weight excluding hydrogens is 360 g/mol. The first-order valence-corrected chi connectivity index (χ1v) is 12.0. The molecule has 1 radical (unpaired) electrons. The number of benzene rings is 1. The van der Waals surface area contributed by atoms with Gasteiger partial charge in [-0.15, -0.1) is 0 Å². The van der Waals surface area contributed by atoms with E-state index < -0.39 is 19.6 Å². The van der Waals surface area contributed by atoms with Gasteiger partial charge in [0.25, 0.3) is 5.56 Å². The fourth-order valence-electron chi connectivity index (χ4n) is 2.41. The molecule has 2 aromatic rings. The van der Waals surface area contributed by atoms with Gasteiger partial charge < -0.3 is 9.16 Å². The number of hydrogen-bond acceptors (Lipinski definition) is 4. The van der Waals surface area contributed by atoms with E-state index in [-0.39, 0.29) is 11.8 Å². The van der Waals surface area contributed by atoms with Gasteiger partial charge in [0.15, 0.2) is 8.32 Å². The Morgan fingerprint density at radius 1 is 1.19 bits per heavy atom. The van der Waals surface area contributed by atoms with Crippen LogP contribution in [-0.4, -0.2) is 31.1 Å². The molecule has 0 aliphatic carbocycles. The number of ether oxygens (including phenoxy) is 1. The first-order chi connectivity index (χ1) is 12.5. The monoisotopic (exact) mass is 389 g/mol. The molecule has 7 heteroatoms. The quantitative estimate of drug-likeness (QED) is 0.582. The summed E-state index contributed by atoms with van der Waals surface area (Å²) in [5.74, 6) is 0. The zero-order valence-electron chi connectivity index (χ0n) is 17.0. The van der Waals surface area contributed by atoms with Crippen LogP contribution in [0.2, 0.25) is 18.1 Å². The van der Waals surface area contributed by atoms with Crippen LogP contribution in [0.25, 0.3) is 11.3 Å². The van der Waals surface area contributed by atoms with Gasteiger partial charge in [0.05, 0.1) is 18.9 Å². The molecule has 0 amide bonds. The molecular formula is C20H29N2O4Si. The van der Waals surface area contributed by atoms with Gasteiger partial charge in [-0.3, -0.25) is 14.3 Å². The van der Waals surface area contributed by atoms with Crippen LogP contribution >= 0.6 is 0 Å². The van der Waals surface area contributed by atoms with Crippen molar-refractivity contribution in [1.29, 1.82) is 0 Å². The number of nitrogens with zero attached hydrogens (tertiary/aromatic N) is 1. The highest BCUT2D eigenvalue weighted by Crippen LogP contribution is 2.36. The second-order valence-corrected chi connectivity index (χ2v) is 12.9. The Morgan fingerprint density at radius 2 is 1.89 bits per heavy atom. The number of aromatic amines is 1. The molecule has 1 aromatic carbocycles. The van der Waals surface area contributed by atoms with E-state index in [2.05, 4.69) is 44.9 Å². The predicted molar refractivity (Wildman–Crippen MR) is 109 cm³/mol. The van der Waals surface area contributed by atoms with Crippen molar-refractivity contribution in [3.8, 4) is 11.3 Å². The van der Waals surface area contributed by atoms with Crippen molar-refractivity contribution in [2.45, 2.75) is 52.6 Å². The number of aromatic nitrogens is 2. The van der Waals surface area contributed by atoms with Gasteiger partial charge in [0, 0.05) is 11.1 Å². The second-order valence-electron chi connectivity index (χ2n) is 8.08. The SMILES string of the molecule is Cc1c(-c2[c]cccc2)n(COCCO[Si](C)(C)C(C)(C)C)c(=O)[nH]c1=O. The topological polar surface area (TPSA) is 73.3 Å². The van der Waals surface area contributed by atoms with Crippen LogP contribution in [0.4, 0.5) is 0 Å². The summed E-state index contributed by atoms with van der Waals surface area (Å²) in [6.45, 7) is 13.5. The van der Waals surface area contributed by atoms with Gasteiger partial charge >= 0.3 is 5.69 Å². The van der Waals surface area contributed by atoms with E-state index in [1.165, 1.54) is 4.57 Å². The van der Waals surface area contributed by atoms with Gasteiger partial charge in [-0.1, -0.05) is 45.0 Å². The molecule has 0 aliphatic heterocycles. The summed E-state index contributed by atoms with van der Waals surface area (Å²) in [5.41, 5.74) is 0.764. The molecule has 6 nitrogen and oxygen atoms in total. The van der Waals surface area contributed by atoms with Crippen molar-refractivity contribution in [1.82, 2.24) is 9.55 Å². The average Bonchev–Trinajstić information content (AvgIpc) is 2.58.